The van der Waals surface area contributed by atoms with Gasteiger partial charge in [0.1, 0.15) is 11.8 Å². The van der Waals surface area contributed by atoms with Gasteiger partial charge in [0.25, 0.3) is 0 Å². The number of aryl methyl sites for hydroxylation is 1. The van der Waals surface area contributed by atoms with E-state index in [1.54, 1.807) is 24.5 Å². The van der Waals surface area contributed by atoms with Crippen molar-refractivity contribution in [2.24, 2.45) is 0 Å². The van der Waals surface area contributed by atoms with Gasteiger partial charge in [-0.15, -0.1) is 0 Å². The minimum Gasteiger partial charge on any atom is -0.480 e. The van der Waals surface area contributed by atoms with Gasteiger partial charge in [-0.25, -0.2) is 4.79 Å². The second kappa shape index (κ2) is 5.44. The van der Waals surface area contributed by atoms with Crippen LogP contribution in [0.1, 0.15) is 17.7 Å². The summed E-state index contributed by atoms with van der Waals surface area (Å²) in [5.74, 6) is -0.441. The molecule has 1 aromatic heterocycles. The van der Waals surface area contributed by atoms with E-state index in [1.807, 2.05) is 18.2 Å². The first kappa shape index (κ1) is 13.4. The number of amides is 1. The number of aliphatic carboxylic acids is 1. The molecule has 0 spiro atoms. The molecule has 1 aliphatic rings. The second-order valence-electron chi connectivity index (χ2n) is 5.03. The summed E-state index contributed by atoms with van der Waals surface area (Å²) < 4.78 is 5.20. The van der Waals surface area contributed by atoms with Crippen LogP contribution in [-0.2, 0) is 22.4 Å². The van der Waals surface area contributed by atoms with Crippen molar-refractivity contribution < 1.29 is 19.1 Å². The SMILES string of the molecule is O=C(O)[C@@H]1Cc2ccccc2N1C(=O)CCc1ccco1. The molecule has 3 rings (SSSR count). The van der Waals surface area contributed by atoms with Gasteiger partial charge in [-0.05, 0) is 23.8 Å². The summed E-state index contributed by atoms with van der Waals surface area (Å²) in [6.45, 7) is 0. The van der Waals surface area contributed by atoms with E-state index in [0.717, 1.165) is 11.3 Å². The van der Waals surface area contributed by atoms with Gasteiger partial charge in [-0.1, -0.05) is 18.2 Å². The fourth-order valence-corrected chi connectivity index (χ4v) is 2.70. The van der Waals surface area contributed by atoms with Crippen molar-refractivity contribution in [3.8, 4) is 0 Å². The maximum absolute atomic E-state index is 12.4. The molecule has 2 heterocycles. The highest BCUT2D eigenvalue weighted by Crippen LogP contribution is 2.32. The minimum absolute atomic E-state index is 0.191. The fourth-order valence-electron chi connectivity index (χ4n) is 2.70. The van der Waals surface area contributed by atoms with Crippen LogP contribution in [0.15, 0.2) is 47.1 Å². The number of hydrogen-bond donors (Lipinski definition) is 1. The fraction of sp³-hybridized carbons (Fsp3) is 0.250. The minimum atomic E-state index is -0.974. The number of anilines is 1. The van der Waals surface area contributed by atoms with Crippen LogP contribution < -0.4 is 4.90 Å². The van der Waals surface area contributed by atoms with Gasteiger partial charge in [-0.3, -0.25) is 9.69 Å². The standard InChI is InChI=1S/C16H15NO4/c18-15(8-7-12-5-3-9-21-12)17-13-6-2-1-4-11(13)10-14(17)16(19)20/h1-6,9,14H,7-8,10H2,(H,19,20)/t14-/m0/s1. The smallest absolute Gasteiger partial charge is 0.327 e. The third kappa shape index (κ3) is 2.54. The van der Waals surface area contributed by atoms with Crippen LogP contribution in [-0.4, -0.2) is 23.0 Å². The van der Waals surface area contributed by atoms with E-state index in [2.05, 4.69) is 0 Å². The van der Waals surface area contributed by atoms with E-state index < -0.39 is 12.0 Å². The maximum atomic E-state index is 12.4. The Hall–Kier alpha value is -2.56. The summed E-state index contributed by atoms with van der Waals surface area (Å²) in [6.07, 6.45) is 2.62. The molecule has 0 saturated heterocycles. The average molecular weight is 285 g/mol. The molecule has 0 unspecified atom stereocenters. The van der Waals surface area contributed by atoms with Gasteiger partial charge in [0, 0.05) is 24.9 Å². The summed E-state index contributed by atoms with van der Waals surface area (Å²) in [5.41, 5.74) is 1.60. The molecule has 1 amide bonds. The molecule has 5 nitrogen and oxygen atoms in total. The molecule has 0 aliphatic carbocycles. The van der Waals surface area contributed by atoms with Crippen LogP contribution in [0.25, 0.3) is 0 Å². The van der Waals surface area contributed by atoms with Gasteiger partial charge in [0.15, 0.2) is 0 Å². The molecule has 21 heavy (non-hydrogen) atoms. The molecule has 2 aromatic rings. The first-order valence-corrected chi connectivity index (χ1v) is 6.82. The number of carboxylic acid groups (broad SMARTS) is 1. The molecule has 1 N–H and O–H groups in total. The summed E-state index contributed by atoms with van der Waals surface area (Å²) in [7, 11) is 0. The van der Waals surface area contributed by atoms with Crippen LogP contribution in [0.2, 0.25) is 0 Å². The molecule has 0 saturated carbocycles. The Labute approximate surface area is 121 Å². The molecule has 0 bridgehead atoms. The molecular weight excluding hydrogens is 270 g/mol. The van der Waals surface area contributed by atoms with Crippen LogP contribution in [0.5, 0.6) is 0 Å². The predicted molar refractivity (Wildman–Crippen MR) is 76.1 cm³/mol. The lowest BCUT2D eigenvalue weighted by atomic mass is 10.1. The Morgan fingerprint density at radius 1 is 1.24 bits per heavy atom. The summed E-state index contributed by atoms with van der Waals surface area (Å²) in [5, 5.41) is 9.34. The monoisotopic (exact) mass is 285 g/mol. The van der Waals surface area contributed by atoms with Crippen molar-refractivity contribution in [1.29, 1.82) is 0 Å². The molecule has 1 atom stereocenters. The number of carbonyl (C=O) groups excluding carboxylic acids is 1. The van der Waals surface area contributed by atoms with Crippen LogP contribution in [0, 0.1) is 0 Å². The van der Waals surface area contributed by atoms with Gasteiger partial charge in [-0.2, -0.15) is 0 Å². The van der Waals surface area contributed by atoms with Crippen molar-refractivity contribution in [2.75, 3.05) is 4.90 Å². The van der Waals surface area contributed by atoms with Crippen molar-refractivity contribution in [3.63, 3.8) is 0 Å². The Morgan fingerprint density at radius 3 is 2.76 bits per heavy atom. The highest BCUT2D eigenvalue weighted by molar-refractivity contribution is 6.01. The molecule has 1 aliphatic heterocycles. The first-order chi connectivity index (χ1) is 10.2. The number of rotatable bonds is 4. The Kier molecular flexibility index (Phi) is 3.48. The topological polar surface area (TPSA) is 70.8 Å². The highest BCUT2D eigenvalue weighted by atomic mass is 16.4. The van der Waals surface area contributed by atoms with Crippen molar-refractivity contribution in [2.45, 2.75) is 25.3 Å². The Morgan fingerprint density at radius 2 is 2.05 bits per heavy atom. The number of para-hydroxylation sites is 1. The predicted octanol–water partition coefficient (Wildman–Crippen LogP) is 2.25. The number of nitrogens with zero attached hydrogens (tertiary/aromatic N) is 1. The van der Waals surface area contributed by atoms with Crippen LogP contribution in [0.3, 0.4) is 0 Å². The lowest BCUT2D eigenvalue weighted by Crippen LogP contribution is -2.42. The number of benzene rings is 1. The van der Waals surface area contributed by atoms with Crippen molar-refractivity contribution in [3.05, 3.63) is 54.0 Å². The highest BCUT2D eigenvalue weighted by Gasteiger charge is 2.37. The quantitative estimate of drug-likeness (QED) is 0.935. The zero-order valence-electron chi connectivity index (χ0n) is 11.4. The van der Waals surface area contributed by atoms with Gasteiger partial charge in [0.05, 0.1) is 6.26 Å². The first-order valence-electron chi connectivity index (χ1n) is 6.82. The zero-order valence-corrected chi connectivity index (χ0v) is 11.4. The molecule has 0 fully saturated rings. The van der Waals surface area contributed by atoms with Crippen molar-refractivity contribution >= 4 is 17.6 Å². The lowest BCUT2D eigenvalue weighted by molar-refractivity contribution is -0.139. The lowest BCUT2D eigenvalue weighted by Gasteiger charge is -2.22. The molecule has 1 aromatic carbocycles. The normalized spacial score (nSPS) is 16.8. The van der Waals surface area contributed by atoms with E-state index in [0.29, 0.717) is 18.5 Å². The van der Waals surface area contributed by atoms with E-state index in [9.17, 15) is 14.7 Å². The van der Waals surface area contributed by atoms with Crippen LogP contribution in [0.4, 0.5) is 5.69 Å². The summed E-state index contributed by atoms with van der Waals surface area (Å²) >= 11 is 0. The number of carboxylic acids is 1. The summed E-state index contributed by atoms with van der Waals surface area (Å²) in [6, 6.07) is 10.1. The number of furan rings is 1. The zero-order chi connectivity index (χ0) is 14.8. The molecular formula is C16H15NO4. The van der Waals surface area contributed by atoms with Crippen LogP contribution >= 0.6 is 0 Å². The molecule has 108 valence electrons. The summed E-state index contributed by atoms with van der Waals surface area (Å²) in [4.78, 5) is 25.2. The van der Waals surface area contributed by atoms with Gasteiger partial charge in [0.2, 0.25) is 5.91 Å². The Bertz CT molecular complexity index is 663. The third-order valence-corrected chi connectivity index (χ3v) is 3.70. The number of fused-ring (bicyclic) bond motifs is 1. The Balaban J connectivity index is 1.80. The molecule has 5 heteroatoms. The van der Waals surface area contributed by atoms with E-state index in [-0.39, 0.29) is 12.3 Å². The van der Waals surface area contributed by atoms with E-state index >= 15 is 0 Å². The average Bonchev–Trinajstić information content (AvgIpc) is 3.11. The van der Waals surface area contributed by atoms with Gasteiger partial charge < -0.3 is 9.52 Å². The molecule has 0 radical (unpaired) electrons. The second-order valence-corrected chi connectivity index (χ2v) is 5.03. The van der Waals surface area contributed by atoms with E-state index in [1.165, 1.54) is 4.90 Å². The largest absolute Gasteiger partial charge is 0.480 e. The van der Waals surface area contributed by atoms with Gasteiger partial charge >= 0.3 is 5.97 Å². The van der Waals surface area contributed by atoms with Crippen molar-refractivity contribution in [1.82, 2.24) is 0 Å². The van der Waals surface area contributed by atoms with E-state index in [4.69, 9.17) is 4.42 Å². The maximum Gasteiger partial charge on any atom is 0.327 e. The number of hydrogen-bond acceptors (Lipinski definition) is 3. The number of carbonyl (C=O) groups is 2. The third-order valence-electron chi connectivity index (χ3n) is 3.70.